The first-order chi connectivity index (χ1) is 7.31. The lowest BCUT2D eigenvalue weighted by atomic mass is 10.1. The number of hydrogen-bond donors (Lipinski definition) is 1. The summed E-state index contributed by atoms with van der Waals surface area (Å²) in [6.45, 7) is 11.3. The van der Waals surface area contributed by atoms with E-state index in [0.717, 1.165) is 13.1 Å². The first-order valence-electron chi connectivity index (χ1n) is 5.68. The molecule has 0 unspecified atom stereocenters. The van der Waals surface area contributed by atoms with Crippen molar-refractivity contribution in [2.75, 3.05) is 23.3 Å². The van der Waals surface area contributed by atoms with Crippen LogP contribution in [0.5, 0.6) is 0 Å². The third-order valence-corrected chi connectivity index (χ3v) is 2.46. The van der Waals surface area contributed by atoms with Crippen molar-refractivity contribution in [1.29, 1.82) is 0 Å². The first kappa shape index (κ1) is 12.7. The fourth-order valence-electron chi connectivity index (χ4n) is 1.71. The molecule has 0 bridgehead atoms. The minimum Gasteiger partial charge on any atom is -0.375 e. The molecule has 1 aromatic carbocycles. The van der Waals surface area contributed by atoms with Gasteiger partial charge in [-0.15, -0.1) is 0 Å². The van der Waals surface area contributed by atoms with E-state index in [0.29, 0.717) is 11.4 Å². The van der Waals surface area contributed by atoms with Crippen molar-refractivity contribution in [2.24, 2.45) is 0 Å². The summed E-state index contributed by atoms with van der Waals surface area (Å²) >= 11 is 0. The van der Waals surface area contributed by atoms with E-state index in [1.165, 1.54) is 0 Å². The molecule has 0 amide bonds. The monoisotopic (exact) mass is 224 g/mol. The van der Waals surface area contributed by atoms with Crippen molar-refractivity contribution in [3.8, 4) is 0 Å². The molecule has 0 fully saturated rings. The SMILES string of the molecule is CCN(CC)c1c(NC(C)(C)C)c(=O)c1=O. The summed E-state index contributed by atoms with van der Waals surface area (Å²) < 4.78 is 0. The first-order valence-corrected chi connectivity index (χ1v) is 5.68. The Labute approximate surface area is 96.0 Å². The lowest BCUT2D eigenvalue weighted by Gasteiger charge is -2.29. The standard InChI is InChI=1S/C12H20N2O2/c1-6-14(7-2)9-8(10(15)11(9)16)13-12(3,4)5/h13H,6-7H2,1-5H3. The van der Waals surface area contributed by atoms with Crippen LogP contribution in [0, 0.1) is 0 Å². The molecular formula is C12H20N2O2. The Morgan fingerprint density at radius 1 is 1.06 bits per heavy atom. The maximum Gasteiger partial charge on any atom is 0.253 e. The van der Waals surface area contributed by atoms with Crippen LogP contribution in [0.4, 0.5) is 11.4 Å². The zero-order chi connectivity index (χ0) is 12.5. The second-order valence-electron chi connectivity index (χ2n) is 4.93. The highest BCUT2D eigenvalue weighted by molar-refractivity contribution is 5.75. The van der Waals surface area contributed by atoms with Crippen LogP contribution < -0.4 is 21.1 Å². The van der Waals surface area contributed by atoms with E-state index in [4.69, 9.17) is 0 Å². The summed E-state index contributed by atoms with van der Waals surface area (Å²) in [4.78, 5) is 24.9. The van der Waals surface area contributed by atoms with Gasteiger partial charge in [0.05, 0.1) is 0 Å². The van der Waals surface area contributed by atoms with E-state index in [1.807, 2.05) is 39.5 Å². The summed E-state index contributed by atoms with van der Waals surface area (Å²) in [5, 5.41) is 3.10. The smallest absolute Gasteiger partial charge is 0.253 e. The summed E-state index contributed by atoms with van der Waals surface area (Å²) in [6.07, 6.45) is 0. The highest BCUT2D eigenvalue weighted by Crippen LogP contribution is 2.22. The van der Waals surface area contributed by atoms with Crippen LogP contribution in [-0.2, 0) is 0 Å². The van der Waals surface area contributed by atoms with Gasteiger partial charge < -0.3 is 10.2 Å². The van der Waals surface area contributed by atoms with E-state index < -0.39 is 5.43 Å². The van der Waals surface area contributed by atoms with Crippen molar-refractivity contribution in [2.45, 2.75) is 40.2 Å². The maximum absolute atomic E-state index is 11.5. The second kappa shape index (κ2) is 4.28. The van der Waals surface area contributed by atoms with Crippen LogP contribution >= 0.6 is 0 Å². The topological polar surface area (TPSA) is 49.4 Å². The predicted octanol–water partition coefficient (Wildman–Crippen LogP) is 1.34. The molecule has 4 heteroatoms. The maximum atomic E-state index is 11.5. The fourth-order valence-corrected chi connectivity index (χ4v) is 1.71. The van der Waals surface area contributed by atoms with Crippen LogP contribution in [0.1, 0.15) is 34.6 Å². The Bertz CT molecular complexity index is 432. The molecule has 0 atom stereocenters. The molecule has 4 nitrogen and oxygen atoms in total. The molecule has 0 radical (unpaired) electrons. The van der Waals surface area contributed by atoms with Crippen molar-refractivity contribution in [3.05, 3.63) is 20.4 Å². The Balaban J connectivity index is 3.08. The van der Waals surface area contributed by atoms with Gasteiger partial charge in [-0.25, -0.2) is 0 Å². The average Bonchev–Trinajstić information content (AvgIpc) is 2.21. The van der Waals surface area contributed by atoms with E-state index in [1.54, 1.807) is 0 Å². The summed E-state index contributed by atoms with van der Waals surface area (Å²) in [6, 6.07) is 0. The Kier molecular flexibility index (Phi) is 3.41. The molecule has 0 saturated carbocycles. The van der Waals surface area contributed by atoms with Gasteiger partial charge in [0.1, 0.15) is 11.4 Å². The zero-order valence-electron chi connectivity index (χ0n) is 10.7. The second-order valence-corrected chi connectivity index (χ2v) is 4.93. The Hall–Kier alpha value is -1.32. The molecule has 0 spiro atoms. The van der Waals surface area contributed by atoms with Crippen LogP contribution in [0.15, 0.2) is 9.59 Å². The molecule has 1 aromatic rings. The Morgan fingerprint density at radius 3 is 1.94 bits per heavy atom. The fraction of sp³-hybridized carbons (Fsp3) is 0.667. The van der Waals surface area contributed by atoms with Gasteiger partial charge in [0.2, 0.25) is 0 Å². The molecule has 1 rings (SSSR count). The molecule has 1 N–H and O–H groups in total. The van der Waals surface area contributed by atoms with Crippen molar-refractivity contribution >= 4 is 11.4 Å². The van der Waals surface area contributed by atoms with Gasteiger partial charge in [-0.05, 0) is 34.6 Å². The van der Waals surface area contributed by atoms with Gasteiger partial charge in [0.25, 0.3) is 10.9 Å². The average molecular weight is 224 g/mol. The van der Waals surface area contributed by atoms with E-state index >= 15 is 0 Å². The van der Waals surface area contributed by atoms with Crippen LogP contribution in [0.25, 0.3) is 0 Å². The van der Waals surface area contributed by atoms with Crippen molar-refractivity contribution in [1.82, 2.24) is 0 Å². The molecule has 0 aromatic heterocycles. The summed E-state index contributed by atoms with van der Waals surface area (Å²) in [5.74, 6) is 0. The van der Waals surface area contributed by atoms with Gasteiger partial charge in [0, 0.05) is 18.6 Å². The minimum atomic E-state index is -0.392. The largest absolute Gasteiger partial charge is 0.375 e. The molecule has 0 aliphatic carbocycles. The van der Waals surface area contributed by atoms with E-state index in [-0.39, 0.29) is 11.0 Å². The van der Waals surface area contributed by atoms with Crippen LogP contribution in [0.2, 0.25) is 0 Å². The minimum absolute atomic E-state index is 0.204. The zero-order valence-corrected chi connectivity index (χ0v) is 10.7. The third-order valence-electron chi connectivity index (χ3n) is 2.46. The van der Waals surface area contributed by atoms with Crippen molar-refractivity contribution in [3.63, 3.8) is 0 Å². The number of rotatable bonds is 4. The number of nitrogens with zero attached hydrogens (tertiary/aromatic N) is 1. The molecule has 16 heavy (non-hydrogen) atoms. The molecule has 0 heterocycles. The lowest BCUT2D eigenvalue weighted by molar-refractivity contribution is 0.631. The van der Waals surface area contributed by atoms with Crippen LogP contribution in [-0.4, -0.2) is 18.6 Å². The van der Waals surface area contributed by atoms with Crippen LogP contribution in [0.3, 0.4) is 0 Å². The number of hydrogen-bond acceptors (Lipinski definition) is 4. The van der Waals surface area contributed by atoms with Gasteiger partial charge in [-0.3, -0.25) is 9.59 Å². The van der Waals surface area contributed by atoms with Gasteiger partial charge in [-0.1, -0.05) is 0 Å². The summed E-state index contributed by atoms with van der Waals surface area (Å²) in [5.41, 5.74) is 0.0581. The van der Waals surface area contributed by atoms with Gasteiger partial charge in [0.15, 0.2) is 0 Å². The van der Waals surface area contributed by atoms with Gasteiger partial charge >= 0.3 is 0 Å². The molecule has 0 aliphatic rings. The lowest BCUT2D eigenvalue weighted by Crippen LogP contribution is -2.45. The predicted molar refractivity (Wildman–Crippen MR) is 68.3 cm³/mol. The highest BCUT2D eigenvalue weighted by Gasteiger charge is 2.27. The quantitative estimate of drug-likeness (QED) is 0.784. The molecule has 0 aliphatic heterocycles. The number of nitrogens with one attached hydrogen (secondary N) is 1. The highest BCUT2D eigenvalue weighted by atomic mass is 16.2. The molecule has 90 valence electrons. The molecule has 0 saturated heterocycles. The van der Waals surface area contributed by atoms with E-state index in [2.05, 4.69) is 5.32 Å². The van der Waals surface area contributed by atoms with Gasteiger partial charge in [-0.2, -0.15) is 0 Å². The number of anilines is 2. The van der Waals surface area contributed by atoms with E-state index in [9.17, 15) is 9.59 Å². The Morgan fingerprint density at radius 2 is 1.56 bits per heavy atom. The third kappa shape index (κ3) is 2.26. The normalized spacial score (nSPS) is 11.8. The van der Waals surface area contributed by atoms with Crippen molar-refractivity contribution < 1.29 is 0 Å². The summed E-state index contributed by atoms with van der Waals surface area (Å²) in [7, 11) is 0. The molecular weight excluding hydrogens is 204 g/mol.